The molecule has 6 heteroatoms. The molecule has 29 heavy (non-hydrogen) atoms. The summed E-state index contributed by atoms with van der Waals surface area (Å²) in [6.45, 7) is 3.56. The van der Waals surface area contributed by atoms with Gasteiger partial charge in [-0.15, -0.1) is 0 Å². The van der Waals surface area contributed by atoms with Crippen LogP contribution in [0, 0.1) is 6.92 Å². The van der Waals surface area contributed by atoms with Crippen molar-refractivity contribution in [3.63, 3.8) is 0 Å². The van der Waals surface area contributed by atoms with E-state index in [0.717, 1.165) is 33.8 Å². The Labute approximate surface area is 169 Å². The van der Waals surface area contributed by atoms with Gasteiger partial charge in [-0.2, -0.15) is 9.61 Å². The van der Waals surface area contributed by atoms with Gasteiger partial charge in [0.15, 0.2) is 5.65 Å². The number of benzene rings is 2. The van der Waals surface area contributed by atoms with Crippen molar-refractivity contribution in [1.29, 1.82) is 0 Å². The molecule has 0 amide bonds. The quantitative estimate of drug-likeness (QED) is 0.449. The number of aryl methyl sites for hydroxylation is 1. The summed E-state index contributed by atoms with van der Waals surface area (Å²) in [4.78, 5) is 4.94. The van der Waals surface area contributed by atoms with Crippen LogP contribution in [0.5, 0.6) is 0 Å². The number of aliphatic hydroxyl groups is 1. The number of hydrogen-bond donors (Lipinski definition) is 2. The summed E-state index contributed by atoms with van der Waals surface area (Å²) in [6, 6.07) is 20.4. The van der Waals surface area contributed by atoms with Gasteiger partial charge >= 0.3 is 0 Å². The number of fused-ring (bicyclic) bond motifs is 1. The lowest BCUT2D eigenvalue weighted by Crippen LogP contribution is -2.14. The molecular weight excluding hydrogens is 364 g/mol. The zero-order chi connectivity index (χ0) is 20.1. The van der Waals surface area contributed by atoms with Crippen LogP contribution in [0.1, 0.15) is 5.56 Å². The lowest BCUT2D eigenvalue weighted by Gasteiger charge is -2.12. The Kier molecular flexibility index (Phi) is 5.84. The second-order valence-electron chi connectivity index (χ2n) is 6.76. The summed E-state index contributed by atoms with van der Waals surface area (Å²) in [5, 5.41) is 16.8. The molecule has 0 saturated heterocycles. The van der Waals surface area contributed by atoms with Crippen LogP contribution in [0.3, 0.4) is 0 Å². The van der Waals surface area contributed by atoms with Gasteiger partial charge in [0.1, 0.15) is 5.82 Å². The normalized spacial score (nSPS) is 11.1. The van der Waals surface area contributed by atoms with E-state index < -0.39 is 0 Å². The van der Waals surface area contributed by atoms with Crippen molar-refractivity contribution in [3.05, 3.63) is 72.4 Å². The van der Waals surface area contributed by atoms with Gasteiger partial charge in [-0.05, 0) is 18.1 Å². The maximum atomic E-state index is 8.85. The summed E-state index contributed by atoms with van der Waals surface area (Å²) >= 11 is 0. The van der Waals surface area contributed by atoms with E-state index in [1.54, 1.807) is 0 Å². The van der Waals surface area contributed by atoms with Crippen molar-refractivity contribution in [1.82, 2.24) is 14.6 Å². The maximum Gasteiger partial charge on any atom is 0.165 e. The SMILES string of the molecule is Cc1ccccc1-c1cnn2c(NCCOCCO)cc(-c3ccccc3)nc12. The number of nitrogens with zero attached hydrogens (tertiary/aromatic N) is 3. The van der Waals surface area contributed by atoms with Crippen LogP contribution in [-0.4, -0.2) is 46.1 Å². The van der Waals surface area contributed by atoms with Gasteiger partial charge in [0.25, 0.3) is 0 Å². The summed E-state index contributed by atoms with van der Waals surface area (Å²) in [6.07, 6.45) is 1.87. The molecule has 2 aromatic heterocycles. The first-order valence-electron chi connectivity index (χ1n) is 9.70. The second kappa shape index (κ2) is 8.86. The standard InChI is InChI=1S/C23H24N4O2/c1-17-7-5-6-10-19(17)20-16-25-27-22(24-11-13-29-14-12-28)15-21(26-23(20)27)18-8-3-2-4-9-18/h2-10,15-16,24,28H,11-14H2,1H3. The predicted molar refractivity (Wildman–Crippen MR) is 115 cm³/mol. The molecule has 0 atom stereocenters. The van der Waals surface area contributed by atoms with Crippen LogP contribution < -0.4 is 5.32 Å². The van der Waals surface area contributed by atoms with Crippen LogP contribution >= 0.6 is 0 Å². The molecule has 2 N–H and O–H groups in total. The Bertz CT molecular complexity index is 1090. The molecule has 0 aliphatic rings. The van der Waals surface area contributed by atoms with Crippen LogP contribution in [0.25, 0.3) is 28.0 Å². The average molecular weight is 388 g/mol. The van der Waals surface area contributed by atoms with Gasteiger partial charge in [-0.25, -0.2) is 4.98 Å². The van der Waals surface area contributed by atoms with Crippen LogP contribution in [0.15, 0.2) is 66.9 Å². The van der Waals surface area contributed by atoms with Crippen molar-refractivity contribution in [3.8, 4) is 22.4 Å². The van der Waals surface area contributed by atoms with Crippen LogP contribution in [0.2, 0.25) is 0 Å². The summed E-state index contributed by atoms with van der Waals surface area (Å²) in [5.74, 6) is 0.848. The van der Waals surface area contributed by atoms with Gasteiger partial charge in [-0.1, -0.05) is 54.6 Å². The molecule has 2 heterocycles. The lowest BCUT2D eigenvalue weighted by molar-refractivity contribution is 0.0991. The van der Waals surface area contributed by atoms with Gasteiger partial charge in [0.05, 0.1) is 31.7 Å². The minimum atomic E-state index is 0.0244. The van der Waals surface area contributed by atoms with Crippen molar-refractivity contribution in [2.75, 3.05) is 31.7 Å². The number of hydrogen-bond acceptors (Lipinski definition) is 5. The van der Waals surface area contributed by atoms with E-state index in [9.17, 15) is 0 Å². The Balaban J connectivity index is 1.78. The third-order valence-corrected chi connectivity index (χ3v) is 4.76. The lowest BCUT2D eigenvalue weighted by atomic mass is 10.0. The molecule has 0 aliphatic carbocycles. The fraction of sp³-hybridized carbons (Fsp3) is 0.217. The first-order chi connectivity index (χ1) is 14.3. The minimum absolute atomic E-state index is 0.0244. The third-order valence-electron chi connectivity index (χ3n) is 4.76. The van der Waals surface area contributed by atoms with E-state index in [2.05, 4.69) is 41.6 Å². The maximum absolute atomic E-state index is 8.85. The van der Waals surface area contributed by atoms with Crippen LogP contribution in [-0.2, 0) is 4.74 Å². The molecule has 4 aromatic rings. The zero-order valence-corrected chi connectivity index (χ0v) is 16.4. The number of nitrogens with one attached hydrogen (secondary N) is 1. The first-order valence-corrected chi connectivity index (χ1v) is 9.70. The van der Waals surface area contributed by atoms with Gasteiger partial charge in [-0.3, -0.25) is 0 Å². The molecule has 0 unspecified atom stereocenters. The molecular formula is C23H24N4O2. The fourth-order valence-corrected chi connectivity index (χ4v) is 3.33. The average Bonchev–Trinajstić information content (AvgIpc) is 3.18. The first kappa shape index (κ1) is 19.1. The Morgan fingerprint density at radius 1 is 1.00 bits per heavy atom. The monoisotopic (exact) mass is 388 g/mol. The highest BCUT2D eigenvalue weighted by molar-refractivity contribution is 5.82. The fourth-order valence-electron chi connectivity index (χ4n) is 3.33. The number of aromatic nitrogens is 3. The molecule has 6 nitrogen and oxygen atoms in total. The highest BCUT2D eigenvalue weighted by Gasteiger charge is 2.15. The van der Waals surface area contributed by atoms with E-state index in [4.69, 9.17) is 14.8 Å². The van der Waals surface area contributed by atoms with Crippen LogP contribution in [0.4, 0.5) is 5.82 Å². The molecule has 0 fully saturated rings. The molecule has 4 rings (SSSR count). The second-order valence-corrected chi connectivity index (χ2v) is 6.76. The predicted octanol–water partition coefficient (Wildman–Crippen LogP) is 3.79. The molecule has 0 aliphatic heterocycles. The van der Waals surface area contributed by atoms with Gasteiger partial charge in [0.2, 0.25) is 0 Å². The van der Waals surface area contributed by atoms with Crippen molar-refractivity contribution in [2.45, 2.75) is 6.92 Å². The van der Waals surface area contributed by atoms with E-state index in [1.165, 1.54) is 5.56 Å². The topological polar surface area (TPSA) is 71.7 Å². The van der Waals surface area contributed by atoms with Crippen molar-refractivity contribution in [2.24, 2.45) is 0 Å². The summed E-state index contributed by atoms with van der Waals surface area (Å²) in [5.41, 5.74) is 6.04. The Morgan fingerprint density at radius 2 is 1.79 bits per heavy atom. The van der Waals surface area contributed by atoms with E-state index in [0.29, 0.717) is 19.8 Å². The van der Waals surface area contributed by atoms with Crippen molar-refractivity contribution < 1.29 is 9.84 Å². The highest BCUT2D eigenvalue weighted by Crippen LogP contribution is 2.30. The molecule has 2 aromatic carbocycles. The minimum Gasteiger partial charge on any atom is -0.394 e. The smallest absolute Gasteiger partial charge is 0.165 e. The Morgan fingerprint density at radius 3 is 2.59 bits per heavy atom. The molecule has 148 valence electrons. The zero-order valence-electron chi connectivity index (χ0n) is 16.4. The van der Waals surface area contributed by atoms with Gasteiger partial charge < -0.3 is 15.2 Å². The largest absolute Gasteiger partial charge is 0.394 e. The Hall–Kier alpha value is -3.22. The summed E-state index contributed by atoms with van der Waals surface area (Å²) < 4.78 is 7.20. The molecule has 0 spiro atoms. The number of rotatable bonds is 8. The van der Waals surface area contributed by atoms with E-state index in [1.807, 2.05) is 47.1 Å². The molecule has 0 saturated carbocycles. The molecule has 0 radical (unpaired) electrons. The van der Waals surface area contributed by atoms with E-state index >= 15 is 0 Å². The highest BCUT2D eigenvalue weighted by atomic mass is 16.5. The van der Waals surface area contributed by atoms with Crippen molar-refractivity contribution >= 4 is 11.5 Å². The van der Waals surface area contributed by atoms with E-state index in [-0.39, 0.29) is 6.61 Å². The number of ether oxygens (including phenoxy) is 1. The molecule has 0 bridgehead atoms. The number of anilines is 1. The number of aliphatic hydroxyl groups excluding tert-OH is 1. The summed E-state index contributed by atoms with van der Waals surface area (Å²) in [7, 11) is 0. The third kappa shape index (κ3) is 4.13. The van der Waals surface area contributed by atoms with Gasteiger partial charge in [0, 0.05) is 23.7 Å².